The second-order valence-electron chi connectivity index (χ2n) is 14.2. The first-order chi connectivity index (χ1) is 19.0. The summed E-state index contributed by atoms with van der Waals surface area (Å²) in [7, 11) is 0. The maximum absolute atomic E-state index is 10.9. The quantitative estimate of drug-likeness (QED) is 0.163. The summed E-state index contributed by atoms with van der Waals surface area (Å²) in [6, 6.07) is 0. The Morgan fingerprint density at radius 2 is 0.512 bits per heavy atom. The average molecular weight is 619 g/mol. The Morgan fingerprint density at radius 3 is 0.605 bits per heavy atom. The number of hydrogen-bond acceptors (Lipinski definition) is 6. The van der Waals surface area contributed by atoms with Crippen LogP contribution >= 0.6 is 0 Å². The fourth-order valence-corrected chi connectivity index (χ4v) is 4.73. The molecule has 0 unspecified atom stereocenters. The Kier molecular flexibility index (Phi) is 28.5. The molecular weight excluding hydrogens is 555 g/mol. The van der Waals surface area contributed by atoms with Gasteiger partial charge in [-0.25, -0.2) is 0 Å². The Labute approximate surface area is 275 Å². The first kappa shape index (κ1) is 48.1. The van der Waals surface area contributed by atoms with Crippen molar-refractivity contribution in [2.75, 3.05) is 0 Å². The van der Waals surface area contributed by atoms with E-state index in [1.54, 1.807) is 0 Å². The van der Waals surface area contributed by atoms with E-state index in [0.717, 1.165) is 36.0 Å². The molecule has 0 radical (unpaired) electrons. The molecule has 0 aliphatic carbocycles. The van der Waals surface area contributed by atoms with Crippen molar-refractivity contribution in [1.82, 2.24) is 0 Å². The molecule has 0 aromatic carbocycles. The van der Waals surface area contributed by atoms with Crippen LogP contribution in [0.5, 0.6) is 0 Å². The van der Waals surface area contributed by atoms with E-state index in [4.69, 9.17) is 0 Å². The maximum Gasteiger partial charge on any atom is 3.00 e. The van der Waals surface area contributed by atoms with Crippen LogP contribution in [-0.2, 0) is 14.4 Å². The molecule has 43 heavy (non-hydrogen) atoms. The third-order valence-electron chi connectivity index (χ3n) is 6.27. The summed E-state index contributed by atoms with van der Waals surface area (Å²) in [6.07, 6.45) is 4.37. The van der Waals surface area contributed by atoms with Gasteiger partial charge < -0.3 is 29.7 Å². The van der Waals surface area contributed by atoms with Gasteiger partial charge in [-0.1, -0.05) is 99.8 Å². The fourth-order valence-electron chi connectivity index (χ4n) is 4.73. The van der Waals surface area contributed by atoms with E-state index in [1.165, 1.54) is 0 Å². The van der Waals surface area contributed by atoms with Crippen molar-refractivity contribution in [3.8, 4) is 0 Å². The minimum atomic E-state index is -1.00. The molecule has 0 fully saturated rings. The molecule has 0 aromatic heterocycles. The summed E-state index contributed by atoms with van der Waals surface area (Å²) < 4.78 is 0. The van der Waals surface area contributed by atoms with Gasteiger partial charge in [0.1, 0.15) is 0 Å². The first-order valence-corrected chi connectivity index (χ1v) is 15.7. The summed E-state index contributed by atoms with van der Waals surface area (Å²) >= 11 is 0. The standard InChI is InChI=1S/3C12H22O2.Al/c3*1-8(2)6-10(5)11(12(13)14)7-9(3)4;/h3*8-9H,6-7H2,1-5H3,(H,13,14);/q;;;+3/p-3/b3*11-10-;. The number of hydrogen-bond donors (Lipinski definition) is 0. The average Bonchev–Trinajstić information content (AvgIpc) is 2.77. The van der Waals surface area contributed by atoms with Gasteiger partial charge in [-0.2, -0.15) is 0 Å². The van der Waals surface area contributed by atoms with Crippen molar-refractivity contribution in [3.05, 3.63) is 33.4 Å². The molecule has 0 saturated carbocycles. The van der Waals surface area contributed by atoms with Crippen molar-refractivity contribution in [3.63, 3.8) is 0 Å². The first-order valence-electron chi connectivity index (χ1n) is 15.7. The number of carbonyl (C=O) groups is 3. The number of carboxylic acids is 3. The third-order valence-corrected chi connectivity index (χ3v) is 6.27. The Bertz CT molecular complexity index is 799. The molecule has 0 rings (SSSR count). The second kappa shape index (κ2) is 25.5. The molecule has 0 aliphatic rings. The largest absolute Gasteiger partial charge is 3.00 e. The van der Waals surface area contributed by atoms with Crippen molar-refractivity contribution >= 4 is 35.3 Å². The molecule has 0 saturated heterocycles. The smallest absolute Gasteiger partial charge is 0.545 e. The molecular formula is C36H63AlO6. The van der Waals surface area contributed by atoms with Gasteiger partial charge in [-0.3, -0.25) is 0 Å². The van der Waals surface area contributed by atoms with Crippen LogP contribution in [0.25, 0.3) is 0 Å². The zero-order chi connectivity index (χ0) is 33.9. The zero-order valence-corrected chi connectivity index (χ0v) is 31.4. The van der Waals surface area contributed by atoms with Crippen LogP contribution < -0.4 is 15.3 Å². The molecule has 0 aromatic rings. The van der Waals surface area contributed by atoms with E-state index < -0.39 is 17.9 Å². The van der Waals surface area contributed by atoms with E-state index in [9.17, 15) is 29.7 Å². The van der Waals surface area contributed by atoms with Gasteiger partial charge in [0.15, 0.2) is 0 Å². The molecule has 7 heteroatoms. The predicted molar refractivity (Wildman–Crippen MR) is 176 cm³/mol. The van der Waals surface area contributed by atoms with Gasteiger partial charge in [-0.05, 0) is 112 Å². The predicted octanol–water partition coefficient (Wildman–Crippen LogP) is 6.05. The molecule has 0 bridgehead atoms. The number of aliphatic carboxylic acids is 3. The van der Waals surface area contributed by atoms with Gasteiger partial charge in [-0.15, -0.1) is 0 Å². The fraction of sp³-hybridized carbons (Fsp3) is 0.750. The minimum absolute atomic E-state index is 0. The Morgan fingerprint density at radius 1 is 0.372 bits per heavy atom. The van der Waals surface area contributed by atoms with E-state index >= 15 is 0 Å². The van der Waals surface area contributed by atoms with Crippen molar-refractivity contribution in [2.24, 2.45) is 35.5 Å². The van der Waals surface area contributed by atoms with E-state index in [-0.39, 0.29) is 17.4 Å². The summed E-state index contributed by atoms with van der Waals surface area (Å²) in [6.45, 7) is 30.3. The summed E-state index contributed by atoms with van der Waals surface area (Å²) in [4.78, 5) is 32.7. The van der Waals surface area contributed by atoms with Crippen molar-refractivity contribution in [2.45, 2.75) is 142 Å². The molecule has 0 aliphatic heterocycles. The molecule has 246 valence electrons. The van der Waals surface area contributed by atoms with Crippen LogP contribution in [0.4, 0.5) is 0 Å². The zero-order valence-electron chi connectivity index (χ0n) is 30.2. The Balaban J connectivity index is -0.000000262. The molecule has 0 heterocycles. The number of carbonyl (C=O) groups excluding carboxylic acids is 3. The number of allylic oxidation sites excluding steroid dienone is 3. The topological polar surface area (TPSA) is 120 Å². The van der Waals surface area contributed by atoms with Gasteiger partial charge in [0, 0.05) is 0 Å². The van der Waals surface area contributed by atoms with Crippen LogP contribution in [0.1, 0.15) is 142 Å². The van der Waals surface area contributed by atoms with E-state index in [2.05, 4.69) is 41.5 Å². The monoisotopic (exact) mass is 618 g/mol. The molecule has 0 amide bonds. The van der Waals surface area contributed by atoms with Crippen molar-refractivity contribution in [1.29, 1.82) is 0 Å². The van der Waals surface area contributed by atoms with Gasteiger partial charge in [0.25, 0.3) is 0 Å². The summed E-state index contributed by atoms with van der Waals surface area (Å²) in [5.41, 5.74) is 4.38. The van der Waals surface area contributed by atoms with Crippen LogP contribution in [0.15, 0.2) is 33.4 Å². The minimum Gasteiger partial charge on any atom is -0.545 e. The van der Waals surface area contributed by atoms with Crippen LogP contribution in [0.2, 0.25) is 0 Å². The van der Waals surface area contributed by atoms with Crippen LogP contribution in [0.3, 0.4) is 0 Å². The third kappa shape index (κ3) is 27.4. The Hall–Kier alpha value is -1.84. The number of rotatable bonds is 15. The van der Waals surface area contributed by atoms with Gasteiger partial charge in [0.2, 0.25) is 0 Å². The molecule has 0 atom stereocenters. The maximum atomic E-state index is 10.9. The summed E-state index contributed by atoms with van der Waals surface area (Å²) in [5, 5.41) is 32.7. The van der Waals surface area contributed by atoms with E-state index in [0.29, 0.717) is 71.5 Å². The van der Waals surface area contributed by atoms with Crippen LogP contribution in [-0.4, -0.2) is 35.3 Å². The molecule has 6 nitrogen and oxygen atoms in total. The van der Waals surface area contributed by atoms with Crippen molar-refractivity contribution < 1.29 is 29.7 Å². The summed E-state index contributed by atoms with van der Waals surface area (Å²) in [5.74, 6) is -0.421. The second-order valence-corrected chi connectivity index (χ2v) is 14.2. The molecule has 0 N–H and O–H groups in total. The van der Waals surface area contributed by atoms with Gasteiger partial charge >= 0.3 is 17.4 Å². The van der Waals surface area contributed by atoms with Crippen LogP contribution in [0, 0.1) is 35.5 Å². The normalized spacial score (nSPS) is 13.0. The number of carboxylic acid groups (broad SMARTS) is 3. The van der Waals surface area contributed by atoms with Gasteiger partial charge in [0.05, 0.1) is 17.9 Å². The van der Waals surface area contributed by atoms with E-state index in [1.807, 2.05) is 62.3 Å². The SMILES string of the molecule is C/C(CC(C)C)=C(\CC(C)C)C(=O)[O-].C/C(CC(C)C)=C(\CC(C)C)C(=O)[O-].C/C(CC(C)C)=C(\CC(C)C)C(=O)[O-].[Al+3]. The molecule has 0 spiro atoms.